The maximum absolute atomic E-state index is 12.0. The first-order valence-corrected chi connectivity index (χ1v) is 7.87. The molecule has 2 rings (SSSR count). The highest BCUT2D eigenvalue weighted by atomic mass is 16.6. The van der Waals surface area contributed by atoms with Crippen molar-refractivity contribution < 1.29 is 19.0 Å². The standard InChI is InChI=1S/C17H26N2O4/c1-17(2,3)23-16(20)19-14-6-5-13(21-4)9-15(14)18-10-12-7-8-22-11-12/h5-6,9,12,18H,7-8,10-11H2,1-4H3,(H,19,20). The van der Waals surface area contributed by atoms with Crippen molar-refractivity contribution in [3.05, 3.63) is 18.2 Å². The predicted octanol–water partition coefficient (Wildman–Crippen LogP) is 3.49. The maximum Gasteiger partial charge on any atom is 0.412 e. The molecule has 1 heterocycles. The molecule has 6 nitrogen and oxygen atoms in total. The second kappa shape index (κ2) is 7.55. The molecule has 1 fully saturated rings. The van der Waals surface area contributed by atoms with Crippen molar-refractivity contribution in [2.45, 2.75) is 32.8 Å². The molecule has 1 aliphatic heterocycles. The molecule has 0 spiro atoms. The number of amides is 1. The van der Waals surface area contributed by atoms with Crippen molar-refractivity contribution in [3.8, 4) is 5.75 Å². The molecular formula is C17H26N2O4. The summed E-state index contributed by atoms with van der Waals surface area (Å²) in [6.07, 6.45) is 0.570. The molecule has 6 heteroatoms. The summed E-state index contributed by atoms with van der Waals surface area (Å²) in [6, 6.07) is 5.47. The van der Waals surface area contributed by atoms with Crippen molar-refractivity contribution >= 4 is 17.5 Å². The van der Waals surface area contributed by atoms with Gasteiger partial charge in [0.25, 0.3) is 0 Å². The highest BCUT2D eigenvalue weighted by molar-refractivity contribution is 5.90. The first-order valence-electron chi connectivity index (χ1n) is 7.87. The van der Waals surface area contributed by atoms with Crippen LogP contribution in [0.4, 0.5) is 16.2 Å². The van der Waals surface area contributed by atoms with Crippen LogP contribution < -0.4 is 15.4 Å². The normalized spacial score (nSPS) is 17.7. The molecule has 0 radical (unpaired) electrons. The van der Waals surface area contributed by atoms with Crippen LogP contribution in [-0.4, -0.2) is 38.6 Å². The summed E-state index contributed by atoms with van der Waals surface area (Å²) in [5.41, 5.74) is 0.937. The van der Waals surface area contributed by atoms with E-state index in [2.05, 4.69) is 10.6 Å². The van der Waals surface area contributed by atoms with E-state index < -0.39 is 11.7 Å². The minimum atomic E-state index is -0.536. The Kier molecular flexibility index (Phi) is 5.71. The molecule has 128 valence electrons. The van der Waals surface area contributed by atoms with Gasteiger partial charge in [0.2, 0.25) is 0 Å². The lowest BCUT2D eigenvalue weighted by atomic mass is 10.1. The van der Waals surface area contributed by atoms with E-state index in [1.54, 1.807) is 19.2 Å². The zero-order valence-electron chi connectivity index (χ0n) is 14.3. The van der Waals surface area contributed by atoms with Crippen LogP contribution in [0.1, 0.15) is 27.2 Å². The number of carbonyl (C=O) groups excluding carboxylic acids is 1. The molecule has 2 N–H and O–H groups in total. The summed E-state index contributed by atoms with van der Waals surface area (Å²) in [5, 5.41) is 6.15. The van der Waals surface area contributed by atoms with Gasteiger partial charge in [-0.1, -0.05) is 0 Å². The molecule has 1 aromatic carbocycles. The lowest BCUT2D eigenvalue weighted by Crippen LogP contribution is -2.27. The van der Waals surface area contributed by atoms with Gasteiger partial charge in [0, 0.05) is 25.1 Å². The average molecular weight is 322 g/mol. The Hall–Kier alpha value is -1.95. The van der Waals surface area contributed by atoms with Crippen molar-refractivity contribution in [2.75, 3.05) is 37.5 Å². The van der Waals surface area contributed by atoms with Crippen LogP contribution >= 0.6 is 0 Å². The van der Waals surface area contributed by atoms with E-state index in [9.17, 15) is 4.79 Å². The molecule has 23 heavy (non-hydrogen) atoms. The van der Waals surface area contributed by atoms with Gasteiger partial charge in [-0.25, -0.2) is 4.79 Å². The second-order valence-electron chi connectivity index (χ2n) is 6.65. The van der Waals surface area contributed by atoms with Gasteiger partial charge in [0.15, 0.2) is 0 Å². The van der Waals surface area contributed by atoms with Crippen LogP contribution in [0.25, 0.3) is 0 Å². The largest absolute Gasteiger partial charge is 0.497 e. The quantitative estimate of drug-likeness (QED) is 0.868. The third kappa shape index (κ3) is 5.63. The summed E-state index contributed by atoms with van der Waals surface area (Å²) in [5.74, 6) is 1.21. The van der Waals surface area contributed by atoms with E-state index in [0.717, 1.165) is 37.6 Å². The van der Waals surface area contributed by atoms with E-state index >= 15 is 0 Å². The fourth-order valence-corrected chi connectivity index (χ4v) is 2.32. The third-order valence-electron chi connectivity index (χ3n) is 3.47. The van der Waals surface area contributed by atoms with E-state index in [1.807, 2.05) is 26.8 Å². The molecule has 1 amide bonds. The van der Waals surface area contributed by atoms with Crippen LogP contribution in [0.15, 0.2) is 18.2 Å². The fraction of sp³-hybridized carbons (Fsp3) is 0.588. The number of rotatable bonds is 5. The number of carbonyl (C=O) groups is 1. The first kappa shape index (κ1) is 17.4. The zero-order chi connectivity index (χ0) is 16.9. The number of hydrogen-bond acceptors (Lipinski definition) is 5. The van der Waals surface area contributed by atoms with Crippen molar-refractivity contribution in [1.82, 2.24) is 0 Å². The third-order valence-corrected chi connectivity index (χ3v) is 3.47. The Morgan fingerprint density at radius 3 is 2.74 bits per heavy atom. The van der Waals surface area contributed by atoms with Crippen LogP contribution in [0.5, 0.6) is 5.75 Å². The highest BCUT2D eigenvalue weighted by Crippen LogP contribution is 2.28. The van der Waals surface area contributed by atoms with Crippen LogP contribution in [-0.2, 0) is 9.47 Å². The maximum atomic E-state index is 12.0. The Labute approximate surface area is 137 Å². The van der Waals surface area contributed by atoms with Gasteiger partial charge < -0.3 is 19.5 Å². The van der Waals surface area contributed by atoms with Crippen LogP contribution in [0.3, 0.4) is 0 Å². The second-order valence-corrected chi connectivity index (χ2v) is 6.65. The van der Waals surface area contributed by atoms with Crippen molar-refractivity contribution in [3.63, 3.8) is 0 Å². The van der Waals surface area contributed by atoms with E-state index in [1.165, 1.54) is 0 Å². The lowest BCUT2D eigenvalue weighted by Gasteiger charge is -2.21. The monoisotopic (exact) mass is 322 g/mol. The number of nitrogens with one attached hydrogen (secondary N) is 2. The van der Waals surface area contributed by atoms with Crippen LogP contribution in [0, 0.1) is 5.92 Å². The molecule has 1 aromatic rings. The van der Waals surface area contributed by atoms with Gasteiger partial charge in [0.1, 0.15) is 11.4 Å². The van der Waals surface area contributed by atoms with Gasteiger partial charge in [-0.3, -0.25) is 5.32 Å². The fourth-order valence-electron chi connectivity index (χ4n) is 2.32. The Bertz CT molecular complexity index is 534. The Morgan fingerprint density at radius 1 is 1.35 bits per heavy atom. The Morgan fingerprint density at radius 2 is 2.13 bits per heavy atom. The lowest BCUT2D eigenvalue weighted by molar-refractivity contribution is 0.0636. The summed E-state index contributed by atoms with van der Waals surface area (Å²) in [7, 11) is 1.62. The summed E-state index contributed by atoms with van der Waals surface area (Å²) in [6.45, 7) is 7.87. The number of ether oxygens (including phenoxy) is 3. The smallest absolute Gasteiger partial charge is 0.412 e. The number of anilines is 2. The topological polar surface area (TPSA) is 68.8 Å². The molecule has 0 aromatic heterocycles. The van der Waals surface area contributed by atoms with E-state index in [0.29, 0.717) is 11.6 Å². The minimum absolute atomic E-state index is 0.477. The highest BCUT2D eigenvalue weighted by Gasteiger charge is 2.19. The SMILES string of the molecule is COc1ccc(NC(=O)OC(C)(C)C)c(NCC2CCOC2)c1. The zero-order valence-corrected chi connectivity index (χ0v) is 14.3. The first-order chi connectivity index (χ1) is 10.9. The molecule has 1 unspecified atom stereocenters. The summed E-state index contributed by atoms with van der Waals surface area (Å²) >= 11 is 0. The molecular weight excluding hydrogens is 296 g/mol. The number of methoxy groups -OCH3 is 1. The van der Waals surface area contributed by atoms with Gasteiger partial charge in [0.05, 0.1) is 25.1 Å². The van der Waals surface area contributed by atoms with E-state index in [-0.39, 0.29) is 0 Å². The van der Waals surface area contributed by atoms with Gasteiger partial charge in [-0.15, -0.1) is 0 Å². The molecule has 1 saturated heterocycles. The van der Waals surface area contributed by atoms with Crippen molar-refractivity contribution in [2.24, 2.45) is 5.92 Å². The van der Waals surface area contributed by atoms with Crippen LogP contribution in [0.2, 0.25) is 0 Å². The minimum Gasteiger partial charge on any atom is -0.497 e. The molecule has 1 aliphatic rings. The van der Waals surface area contributed by atoms with Gasteiger partial charge >= 0.3 is 6.09 Å². The average Bonchev–Trinajstić information content (AvgIpc) is 2.97. The summed E-state index contributed by atoms with van der Waals surface area (Å²) in [4.78, 5) is 12.0. The van der Waals surface area contributed by atoms with Crippen molar-refractivity contribution in [1.29, 1.82) is 0 Å². The molecule has 0 saturated carbocycles. The molecule has 0 aliphatic carbocycles. The summed E-state index contributed by atoms with van der Waals surface area (Å²) < 4.78 is 15.9. The molecule has 1 atom stereocenters. The van der Waals surface area contributed by atoms with E-state index in [4.69, 9.17) is 14.2 Å². The Balaban J connectivity index is 2.05. The number of hydrogen-bond donors (Lipinski definition) is 2. The predicted molar refractivity (Wildman–Crippen MR) is 90.3 cm³/mol. The van der Waals surface area contributed by atoms with Gasteiger partial charge in [-0.05, 0) is 39.3 Å². The van der Waals surface area contributed by atoms with Gasteiger partial charge in [-0.2, -0.15) is 0 Å². The molecule has 0 bridgehead atoms. The number of benzene rings is 1.